The van der Waals surface area contributed by atoms with E-state index in [-0.39, 0.29) is 0 Å². The minimum Gasteiger partial charge on any atom is -0.495 e. The summed E-state index contributed by atoms with van der Waals surface area (Å²) in [4.78, 5) is 0. The number of nitrogens with one attached hydrogen (secondary N) is 1. The molecule has 1 aromatic rings. The van der Waals surface area contributed by atoms with E-state index in [9.17, 15) is 0 Å². The van der Waals surface area contributed by atoms with Crippen molar-refractivity contribution in [2.45, 2.75) is 6.42 Å². The smallest absolute Gasteiger partial charge is 0.137 e. The molecule has 1 N–H and O–H groups in total. The number of ether oxygens (including phenoxy) is 1. The third-order valence-electron chi connectivity index (χ3n) is 1.82. The summed E-state index contributed by atoms with van der Waals surface area (Å²) in [6.45, 7) is 0.909. The summed E-state index contributed by atoms with van der Waals surface area (Å²) in [5, 5.41) is 3.88. The standard InChI is InChI=1S/C10H14ClNOS/c1-13-10-4-3-8(7-9(10)11)12-5-2-6-14/h3-4,7,12,14H,2,5-6H2,1H3. The van der Waals surface area contributed by atoms with Crippen molar-refractivity contribution >= 4 is 29.9 Å². The second-order valence-corrected chi connectivity index (χ2v) is 3.71. The summed E-state index contributed by atoms with van der Waals surface area (Å²) in [5.41, 5.74) is 1.01. The summed E-state index contributed by atoms with van der Waals surface area (Å²) in [5.74, 6) is 1.59. The summed E-state index contributed by atoms with van der Waals surface area (Å²) >= 11 is 10.1. The molecule has 2 nitrogen and oxygen atoms in total. The first-order valence-electron chi connectivity index (χ1n) is 4.46. The average molecular weight is 232 g/mol. The fraction of sp³-hybridized carbons (Fsp3) is 0.400. The van der Waals surface area contributed by atoms with Crippen LogP contribution in [0.1, 0.15) is 6.42 Å². The number of methoxy groups -OCH3 is 1. The van der Waals surface area contributed by atoms with E-state index in [0.29, 0.717) is 10.8 Å². The Labute approximate surface area is 95.0 Å². The molecule has 78 valence electrons. The van der Waals surface area contributed by atoms with Gasteiger partial charge in [-0.2, -0.15) is 12.6 Å². The Kier molecular flexibility index (Phi) is 4.98. The molecule has 0 unspecified atom stereocenters. The molecule has 0 aliphatic carbocycles. The molecule has 0 aliphatic heterocycles. The Morgan fingerprint density at radius 1 is 1.50 bits per heavy atom. The zero-order chi connectivity index (χ0) is 10.4. The maximum absolute atomic E-state index is 5.96. The van der Waals surface area contributed by atoms with E-state index in [1.54, 1.807) is 7.11 Å². The molecule has 0 spiro atoms. The number of halogens is 1. The summed E-state index contributed by atoms with van der Waals surface area (Å²) in [6, 6.07) is 5.66. The van der Waals surface area contributed by atoms with Gasteiger partial charge in [-0.3, -0.25) is 0 Å². The molecule has 0 saturated carbocycles. The van der Waals surface area contributed by atoms with Crippen LogP contribution in [0.5, 0.6) is 5.75 Å². The van der Waals surface area contributed by atoms with E-state index >= 15 is 0 Å². The van der Waals surface area contributed by atoms with E-state index in [4.69, 9.17) is 16.3 Å². The van der Waals surface area contributed by atoms with Crippen molar-refractivity contribution < 1.29 is 4.74 Å². The highest BCUT2D eigenvalue weighted by atomic mass is 35.5. The highest BCUT2D eigenvalue weighted by molar-refractivity contribution is 7.80. The van der Waals surface area contributed by atoms with Gasteiger partial charge in [-0.25, -0.2) is 0 Å². The fourth-order valence-corrected chi connectivity index (χ4v) is 1.50. The first-order chi connectivity index (χ1) is 6.77. The predicted molar refractivity (Wildman–Crippen MR) is 65.0 cm³/mol. The Hall–Kier alpha value is -0.540. The van der Waals surface area contributed by atoms with Crippen LogP contribution >= 0.6 is 24.2 Å². The third-order valence-corrected chi connectivity index (χ3v) is 2.43. The van der Waals surface area contributed by atoms with Crippen molar-refractivity contribution in [2.24, 2.45) is 0 Å². The second kappa shape index (κ2) is 6.04. The molecule has 1 rings (SSSR count). The Morgan fingerprint density at radius 3 is 2.86 bits per heavy atom. The van der Waals surface area contributed by atoms with Crippen molar-refractivity contribution in [1.82, 2.24) is 0 Å². The van der Waals surface area contributed by atoms with Gasteiger partial charge in [0.2, 0.25) is 0 Å². The number of rotatable bonds is 5. The van der Waals surface area contributed by atoms with E-state index in [1.165, 1.54) is 0 Å². The summed E-state index contributed by atoms with van der Waals surface area (Å²) in [6.07, 6.45) is 1.03. The van der Waals surface area contributed by atoms with Crippen molar-refractivity contribution in [1.29, 1.82) is 0 Å². The van der Waals surface area contributed by atoms with Gasteiger partial charge >= 0.3 is 0 Å². The molecule has 0 amide bonds. The first-order valence-corrected chi connectivity index (χ1v) is 5.47. The molecular formula is C10H14ClNOS. The van der Waals surface area contributed by atoms with Gasteiger partial charge in [0.05, 0.1) is 12.1 Å². The van der Waals surface area contributed by atoms with Crippen LogP contribution in [0.25, 0.3) is 0 Å². The van der Waals surface area contributed by atoms with Crippen LogP contribution in [-0.4, -0.2) is 19.4 Å². The Morgan fingerprint density at radius 2 is 2.29 bits per heavy atom. The quantitative estimate of drug-likeness (QED) is 0.600. The van der Waals surface area contributed by atoms with Crippen molar-refractivity contribution in [3.63, 3.8) is 0 Å². The zero-order valence-electron chi connectivity index (χ0n) is 8.09. The minimum atomic E-state index is 0.628. The number of hydrogen-bond acceptors (Lipinski definition) is 3. The normalized spacial score (nSPS) is 9.93. The summed E-state index contributed by atoms with van der Waals surface area (Å²) < 4.78 is 5.05. The molecule has 0 heterocycles. The minimum absolute atomic E-state index is 0.628. The van der Waals surface area contributed by atoms with Gasteiger partial charge in [0.15, 0.2) is 0 Å². The predicted octanol–water partition coefficient (Wildman–Crippen LogP) is 3.08. The lowest BCUT2D eigenvalue weighted by Gasteiger charge is -2.07. The third kappa shape index (κ3) is 3.31. The molecule has 14 heavy (non-hydrogen) atoms. The second-order valence-electron chi connectivity index (χ2n) is 2.85. The molecule has 1 aromatic carbocycles. The average Bonchev–Trinajstić information content (AvgIpc) is 2.18. The first kappa shape index (κ1) is 11.5. The van der Waals surface area contributed by atoms with Crippen LogP contribution in [0.4, 0.5) is 5.69 Å². The Balaban J connectivity index is 2.57. The number of anilines is 1. The van der Waals surface area contributed by atoms with Gasteiger partial charge in [-0.15, -0.1) is 0 Å². The maximum Gasteiger partial charge on any atom is 0.137 e. The molecule has 0 fully saturated rings. The lowest BCUT2D eigenvalue weighted by molar-refractivity contribution is 0.415. The van der Waals surface area contributed by atoms with Crippen LogP contribution in [0.15, 0.2) is 18.2 Å². The molecule has 0 atom stereocenters. The van der Waals surface area contributed by atoms with Gasteiger partial charge in [0.25, 0.3) is 0 Å². The fourth-order valence-electron chi connectivity index (χ4n) is 1.09. The van der Waals surface area contributed by atoms with Crippen LogP contribution in [0.2, 0.25) is 5.02 Å². The van der Waals surface area contributed by atoms with Gasteiger partial charge in [0.1, 0.15) is 5.75 Å². The van der Waals surface area contributed by atoms with Crippen LogP contribution in [-0.2, 0) is 0 Å². The molecule has 0 radical (unpaired) electrons. The van der Waals surface area contributed by atoms with E-state index < -0.39 is 0 Å². The van der Waals surface area contributed by atoms with Gasteiger partial charge < -0.3 is 10.1 Å². The zero-order valence-corrected chi connectivity index (χ0v) is 9.74. The molecule has 0 aliphatic rings. The van der Waals surface area contributed by atoms with E-state index in [2.05, 4.69) is 17.9 Å². The van der Waals surface area contributed by atoms with E-state index in [0.717, 1.165) is 24.4 Å². The highest BCUT2D eigenvalue weighted by Crippen LogP contribution is 2.26. The van der Waals surface area contributed by atoms with Gasteiger partial charge in [-0.1, -0.05) is 11.6 Å². The number of thiol groups is 1. The topological polar surface area (TPSA) is 21.3 Å². The van der Waals surface area contributed by atoms with Crippen LogP contribution in [0.3, 0.4) is 0 Å². The molecule has 0 bridgehead atoms. The van der Waals surface area contributed by atoms with Crippen molar-refractivity contribution in [2.75, 3.05) is 24.7 Å². The van der Waals surface area contributed by atoms with E-state index in [1.807, 2.05) is 18.2 Å². The largest absolute Gasteiger partial charge is 0.495 e. The lowest BCUT2D eigenvalue weighted by atomic mass is 10.3. The molecule has 0 aromatic heterocycles. The van der Waals surface area contributed by atoms with Gasteiger partial charge in [0, 0.05) is 12.2 Å². The molecule has 4 heteroatoms. The Bertz CT molecular complexity index is 293. The van der Waals surface area contributed by atoms with Crippen molar-refractivity contribution in [3.05, 3.63) is 23.2 Å². The SMILES string of the molecule is COc1ccc(NCCCS)cc1Cl. The number of benzene rings is 1. The van der Waals surface area contributed by atoms with Crippen molar-refractivity contribution in [3.8, 4) is 5.75 Å². The maximum atomic E-state index is 5.96. The van der Waals surface area contributed by atoms with Gasteiger partial charge in [-0.05, 0) is 30.4 Å². The molecule has 0 saturated heterocycles. The highest BCUT2D eigenvalue weighted by Gasteiger charge is 2.00. The molecular weight excluding hydrogens is 218 g/mol. The van der Waals surface area contributed by atoms with Crippen LogP contribution < -0.4 is 10.1 Å². The lowest BCUT2D eigenvalue weighted by Crippen LogP contribution is -2.01. The summed E-state index contributed by atoms with van der Waals surface area (Å²) in [7, 11) is 1.61. The number of hydrogen-bond donors (Lipinski definition) is 2. The van der Waals surface area contributed by atoms with Crippen LogP contribution in [0, 0.1) is 0 Å². The monoisotopic (exact) mass is 231 g/mol.